The lowest BCUT2D eigenvalue weighted by atomic mass is 10.0. The molecule has 0 aliphatic carbocycles. The quantitative estimate of drug-likeness (QED) is 0.609. The van der Waals surface area contributed by atoms with Crippen LogP contribution in [-0.2, 0) is 11.2 Å². The van der Waals surface area contributed by atoms with Crippen LogP contribution in [-0.4, -0.2) is 29.4 Å². The second kappa shape index (κ2) is 4.03. The highest BCUT2D eigenvalue weighted by Gasteiger charge is 2.21. The number of anilines is 1. The summed E-state index contributed by atoms with van der Waals surface area (Å²) in [5.41, 5.74) is 7.39. The van der Waals surface area contributed by atoms with E-state index in [0.29, 0.717) is 5.56 Å². The maximum atomic E-state index is 11.7. The van der Waals surface area contributed by atoms with Crippen LogP contribution in [0.5, 0.6) is 0 Å². The first-order valence-electron chi connectivity index (χ1n) is 4.95. The van der Waals surface area contributed by atoms with Crippen molar-refractivity contribution in [2.24, 2.45) is 5.73 Å². The highest BCUT2D eigenvalue weighted by atomic mass is 16.3. The lowest BCUT2D eigenvalue weighted by molar-refractivity contribution is -0.115. The van der Waals surface area contributed by atoms with Gasteiger partial charge in [0, 0.05) is 11.3 Å². The van der Waals surface area contributed by atoms with Crippen LogP contribution in [0, 0.1) is 0 Å². The highest BCUT2D eigenvalue weighted by molar-refractivity contribution is 6.03. The number of carbonyl (C=O) groups is 2. The molecular weight excluding hydrogens is 208 g/mol. The van der Waals surface area contributed by atoms with Crippen LogP contribution in [0.3, 0.4) is 0 Å². The molecular formula is C11H12N2O3. The lowest BCUT2D eigenvalue weighted by Gasteiger charge is -2.08. The minimum atomic E-state index is -0.900. The van der Waals surface area contributed by atoms with E-state index in [-0.39, 0.29) is 24.7 Å². The maximum absolute atomic E-state index is 11.7. The second-order valence-corrected chi connectivity index (χ2v) is 3.75. The zero-order chi connectivity index (χ0) is 11.7. The lowest BCUT2D eigenvalue weighted by Crippen LogP contribution is -2.34. The third-order valence-electron chi connectivity index (χ3n) is 2.55. The molecule has 0 radical (unpaired) electrons. The number of nitrogens with two attached hydrogens (primary N) is 1. The SMILES string of the molecule is NC(CO)C(=O)c1ccc2c(c1)CC(=O)N2. The van der Waals surface area contributed by atoms with Gasteiger partial charge in [-0.25, -0.2) is 0 Å². The molecule has 2 rings (SSSR count). The summed E-state index contributed by atoms with van der Waals surface area (Å²) in [6, 6.07) is 4.02. The number of benzene rings is 1. The number of ketones is 1. The van der Waals surface area contributed by atoms with E-state index in [0.717, 1.165) is 11.3 Å². The number of Topliss-reactive ketones (excluding diaryl/α,β-unsaturated/α-hetero) is 1. The Kier molecular flexibility index (Phi) is 2.72. The average Bonchev–Trinajstić information content (AvgIpc) is 2.65. The molecule has 1 aliphatic rings. The predicted molar refractivity (Wildman–Crippen MR) is 58.2 cm³/mol. The Labute approximate surface area is 92.3 Å². The Morgan fingerprint density at radius 1 is 1.56 bits per heavy atom. The molecule has 1 aromatic rings. The smallest absolute Gasteiger partial charge is 0.228 e. The van der Waals surface area contributed by atoms with Crippen molar-refractivity contribution in [3.63, 3.8) is 0 Å². The fraction of sp³-hybridized carbons (Fsp3) is 0.273. The third-order valence-corrected chi connectivity index (χ3v) is 2.55. The molecule has 1 amide bonds. The highest BCUT2D eigenvalue weighted by Crippen LogP contribution is 2.24. The van der Waals surface area contributed by atoms with Crippen LogP contribution in [0.2, 0.25) is 0 Å². The van der Waals surface area contributed by atoms with Crippen molar-refractivity contribution < 1.29 is 14.7 Å². The number of rotatable bonds is 3. The minimum absolute atomic E-state index is 0.0777. The zero-order valence-electron chi connectivity index (χ0n) is 8.56. The normalized spacial score (nSPS) is 15.5. The Bertz CT molecular complexity index is 457. The number of hydrogen-bond acceptors (Lipinski definition) is 4. The molecule has 1 aromatic carbocycles. The summed E-state index contributed by atoms with van der Waals surface area (Å²) in [5.74, 6) is -0.393. The van der Waals surface area contributed by atoms with E-state index in [4.69, 9.17) is 10.8 Å². The van der Waals surface area contributed by atoms with Crippen molar-refractivity contribution in [1.29, 1.82) is 0 Å². The van der Waals surface area contributed by atoms with Gasteiger partial charge in [0.1, 0.15) is 0 Å². The molecule has 0 aromatic heterocycles. The van der Waals surface area contributed by atoms with Gasteiger partial charge in [-0.05, 0) is 23.8 Å². The fourth-order valence-corrected chi connectivity index (χ4v) is 1.68. The van der Waals surface area contributed by atoms with Gasteiger partial charge in [-0.3, -0.25) is 9.59 Å². The number of carbonyl (C=O) groups excluding carboxylic acids is 2. The summed E-state index contributed by atoms with van der Waals surface area (Å²) in [7, 11) is 0. The van der Waals surface area contributed by atoms with Crippen LogP contribution in [0.15, 0.2) is 18.2 Å². The number of aliphatic hydroxyl groups excluding tert-OH is 1. The number of hydrogen-bond donors (Lipinski definition) is 3. The molecule has 0 saturated heterocycles. The first kappa shape index (κ1) is 10.8. The molecule has 5 heteroatoms. The topological polar surface area (TPSA) is 92.4 Å². The van der Waals surface area contributed by atoms with Crippen molar-refractivity contribution in [2.45, 2.75) is 12.5 Å². The van der Waals surface area contributed by atoms with E-state index in [2.05, 4.69) is 5.32 Å². The Morgan fingerprint density at radius 2 is 2.31 bits per heavy atom. The molecule has 0 fully saturated rings. The third kappa shape index (κ3) is 1.82. The summed E-state index contributed by atoms with van der Waals surface area (Å²) in [6.45, 7) is -0.382. The first-order valence-corrected chi connectivity index (χ1v) is 4.95. The van der Waals surface area contributed by atoms with Gasteiger partial charge in [-0.1, -0.05) is 0 Å². The Balaban J connectivity index is 2.29. The molecule has 1 atom stereocenters. The average molecular weight is 220 g/mol. The largest absolute Gasteiger partial charge is 0.394 e. The van der Waals surface area contributed by atoms with Crippen LogP contribution < -0.4 is 11.1 Å². The van der Waals surface area contributed by atoms with Gasteiger partial charge < -0.3 is 16.2 Å². The number of aliphatic hydroxyl groups is 1. The molecule has 5 nitrogen and oxygen atoms in total. The first-order chi connectivity index (χ1) is 7.61. The van der Waals surface area contributed by atoms with Crippen molar-refractivity contribution >= 4 is 17.4 Å². The van der Waals surface area contributed by atoms with Crippen molar-refractivity contribution in [3.8, 4) is 0 Å². The van der Waals surface area contributed by atoms with Gasteiger partial charge in [-0.15, -0.1) is 0 Å². The zero-order valence-corrected chi connectivity index (χ0v) is 8.56. The minimum Gasteiger partial charge on any atom is -0.394 e. The van der Waals surface area contributed by atoms with E-state index in [1.807, 2.05) is 0 Å². The van der Waals surface area contributed by atoms with Gasteiger partial charge in [0.2, 0.25) is 5.91 Å². The van der Waals surface area contributed by atoms with Crippen molar-refractivity contribution in [3.05, 3.63) is 29.3 Å². The van der Waals surface area contributed by atoms with Gasteiger partial charge in [-0.2, -0.15) is 0 Å². The standard InChI is InChI=1S/C11H12N2O3/c12-8(5-14)11(16)6-1-2-9-7(3-6)4-10(15)13-9/h1-3,8,14H,4-5,12H2,(H,13,15). The molecule has 84 valence electrons. The molecule has 1 unspecified atom stereocenters. The van der Waals surface area contributed by atoms with Gasteiger partial charge in [0.05, 0.1) is 19.1 Å². The van der Waals surface area contributed by atoms with Crippen molar-refractivity contribution in [1.82, 2.24) is 0 Å². The van der Waals surface area contributed by atoms with Crippen LogP contribution in [0.1, 0.15) is 15.9 Å². The number of nitrogens with one attached hydrogen (secondary N) is 1. The van der Waals surface area contributed by atoms with Crippen molar-refractivity contribution in [2.75, 3.05) is 11.9 Å². The maximum Gasteiger partial charge on any atom is 0.228 e. The summed E-state index contributed by atoms with van der Waals surface area (Å²) in [4.78, 5) is 22.8. The van der Waals surface area contributed by atoms with Gasteiger partial charge in [0.25, 0.3) is 0 Å². The predicted octanol–water partition coefficient (Wildman–Crippen LogP) is -0.317. The van der Waals surface area contributed by atoms with E-state index in [1.165, 1.54) is 0 Å². The molecule has 16 heavy (non-hydrogen) atoms. The molecule has 1 aliphatic heterocycles. The molecule has 1 heterocycles. The molecule has 0 spiro atoms. The van der Waals surface area contributed by atoms with E-state index < -0.39 is 6.04 Å². The summed E-state index contributed by atoms with van der Waals surface area (Å²) in [6.07, 6.45) is 0.283. The van der Waals surface area contributed by atoms with E-state index in [1.54, 1.807) is 18.2 Å². The number of fused-ring (bicyclic) bond motifs is 1. The number of amides is 1. The Morgan fingerprint density at radius 3 is 3.00 bits per heavy atom. The summed E-state index contributed by atoms with van der Waals surface area (Å²) < 4.78 is 0. The summed E-state index contributed by atoms with van der Waals surface area (Å²) >= 11 is 0. The van der Waals surface area contributed by atoms with Crippen LogP contribution in [0.4, 0.5) is 5.69 Å². The van der Waals surface area contributed by atoms with Crippen LogP contribution in [0.25, 0.3) is 0 Å². The van der Waals surface area contributed by atoms with Gasteiger partial charge in [0.15, 0.2) is 5.78 Å². The fourth-order valence-electron chi connectivity index (χ4n) is 1.68. The van der Waals surface area contributed by atoms with Gasteiger partial charge >= 0.3 is 0 Å². The molecule has 0 saturated carbocycles. The van der Waals surface area contributed by atoms with E-state index in [9.17, 15) is 9.59 Å². The Hall–Kier alpha value is -1.72. The second-order valence-electron chi connectivity index (χ2n) is 3.75. The monoisotopic (exact) mass is 220 g/mol. The molecule has 4 N–H and O–H groups in total. The molecule has 0 bridgehead atoms. The van der Waals surface area contributed by atoms with Crippen LogP contribution >= 0.6 is 0 Å². The summed E-state index contributed by atoms with van der Waals surface area (Å²) in [5, 5.41) is 11.5. The van der Waals surface area contributed by atoms with E-state index >= 15 is 0 Å².